The Kier molecular flexibility index (Phi) is 2.86. The maximum Gasteiger partial charge on any atom is 0.253 e. The fraction of sp³-hybridized carbons (Fsp3) is 0.462. The molecule has 7 heteroatoms. The molecule has 0 aromatic carbocycles. The number of aryl methyl sites for hydroxylation is 1. The molecule has 7 nitrogen and oxygen atoms in total. The number of carbonyl (C=O) groups excluding carboxylic acids is 1. The molecule has 1 aliphatic rings. The summed E-state index contributed by atoms with van der Waals surface area (Å²) in [6.07, 6.45) is 4.35. The zero-order valence-electron chi connectivity index (χ0n) is 11.5. The largest absolute Gasteiger partial charge is 0.367 e. The summed E-state index contributed by atoms with van der Waals surface area (Å²) in [4.78, 5) is 25.2. The number of amides is 1. The summed E-state index contributed by atoms with van der Waals surface area (Å²) in [5.74, 6) is 0.383. The lowest BCUT2D eigenvalue weighted by Gasteiger charge is -2.47. The van der Waals surface area contributed by atoms with E-state index in [1.807, 2.05) is 11.1 Å². The number of primary amides is 1. The number of hydrogen-bond acceptors (Lipinski definition) is 5. The van der Waals surface area contributed by atoms with E-state index < -0.39 is 11.5 Å². The molecule has 0 atom stereocenters. The molecule has 106 valence electrons. The lowest BCUT2D eigenvalue weighted by Crippen LogP contribution is -2.69. The number of nitrogens with one attached hydrogen (secondary N) is 1. The van der Waals surface area contributed by atoms with E-state index in [0.29, 0.717) is 13.1 Å². The molecular weight excluding hydrogens is 258 g/mol. The van der Waals surface area contributed by atoms with Gasteiger partial charge in [-0.2, -0.15) is 0 Å². The summed E-state index contributed by atoms with van der Waals surface area (Å²) in [5, 5.41) is 1.00. The first kappa shape index (κ1) is 12.9. The molecule has 1 saturated heterocycles. The highest BCUT2D eigenvalue weighted by atomic mass is 16.5. The van der Waals surface area contributed by atoms with E-state index in [0.717, 1.165) is 28.8 Å². The fourth-order valence-corrected chi connectivity index (χ4v) is 2.63. The molecule has 0 unspecified atom stereocenters. The standard InChI is InChI=1S/C13H17N5O2/c1-3-8-4-15-10-9(8)11(17-7-16-10)18-5-13(6-18,20-2)12(14)19/h4,7H,3,5-6H2,1-2H3,(H2,14,19)(H,15,16,17). The molecule has 1 fully saturated rings. The van der Waals surface area contributed by atoms with Gasteiger partial charge >= 0.3 is 0 Å². The quantitative estimate of drug-likeness (QED) is 0.831. The molecular formula is C13H17N5O2. The van der Waals surface area contributed by atoms with Crippen molar-refractivity contribution >= 4 is 22.8 Å². The van der Waals surface area contributed by atoms with Crippen molar-refractivity contribution in [3.05, 3.63) is 18.1 Å². The third-order valence-electron chi connectivity index (χ3n) is 3.94. The van der Waals surface area contributed by atoms with Crippen molar-refractivity contribution < 1.29 is 9.53 Å². The minimum Gasteiger partial charge on any atom is -0.367 e. The number of hydrogen-bond donors (Lipinski definition) is 2. The minimum absolute atomic E-state index is 0.416. The van der Waals surface area contributed by atoms with Crippen molar-refractivity contribution in [2.45, 2.75) is 18.9 Å². The van der Waals surface area contributed by atoms with Crippen LogP contribution in [0.4, 0.5) is 5.82 Å². The van der Waals surface area contributed by atoms with Crippen LogP contribution in [0.2, 0.25) is 0 Å². The van der Waals surface area contributed by atoms with E-state index in [-0.39, 0.29) is 0 Å². The SMILES string of the molecule is CCc1c[nH]c2ncnc(N3CC(OC)(C(N)=O)C3)c12. The van der Waals surface area contributed by atoms with Gasteiger partial charge in [0.25, 0.3) is 5.91 Å². The summed E-state index contributed by atoms with van der Waals surface area (Å²) in [5.41, 5.74) is 6.46. The monoisotopic (exact) mass is 275 g/mol. The van der Waals surface area contributed by atoms with Crippen LogP contribution in [0, 0.1) is 0 Å². The first-order valence-corrected chi connectivity index (χ1v) is 6.52. The van der Waals surface area contributed by atoms with Crippen molar-refractivity contribution in [3.63, 3.8) is 0 Å². The molecule has 0 aliphatic carbocycles. The second-order valence-corrected chi connectivity index (χ2v) is 5.01. The summed E-state index contributed by atoms with van der Waals surface area (Å²) < 4.78 is 5.27. The zero-order valence-corrected chi connectivity index (χ0v) is 11.5. The number of aromatic nitrogens is 3. The maximum absolute atomic E-state index is 11.5. The molecule has 0 spiro atoms. The Bertz CT molecular complexity index is 660. The van der Waals surface area contributed by atoms with Gasteiger partial charge in [-0.3, -0.25) is 4.79 Å². The normalized spacial score (nSPS) is 17.2. The number of carbonyl (C=O) groups is 1. The average Bonchev–Trinajstić information content (AvgIpc) is 2.81. The maximum atomic E-state index is 11.5. The van der Waals surface area contributed by atoms with E-state index in [2.05, 4.69) is 21.9 Å². The third-order valence-corrected chi connectivity index (χ3v) is 3.94. The Morgan fingerprint density at radius 2 is 2.30 bits per heavy atom. The molecule has 3 rings (SSSR count). The molecule has 1 amide bonds. The Balaban J connectivity index is 1.97. The van der Waals surface area contributed by atoms with Crippen molar-refractivity contribution in [1.29, 1.82) is 0 Å². The highest BCUT2D eigenvalue weighted by Crippen LogP contribution is 2.34. The highest BCUT2D eigenvalue weighted by molar-refractivity contribution is 5.94. The van der Waals surface area contributed by atoms with Gasteiger partial charge in [-0.05, 0) is 12.0 Å². The Morgan fingerprint density at radius 3 is 2.90 bits per heavy atom. The van der Waals surface area contributed by atoms with E-state index >= 15 is 0 Å². The molecule has 3 heterocycles. The Hall–Kier alpha value is -2.15. The summed E-state index contributed by atoms with van der Waals surface area (Å²) >= 11 is 0. The van der Waals surface area contributed by atoms with E-state index in [1.54, 1.807) is 0 Å². The number of nitrogens with zero attached hydrogens (tertiary/aromatic N) is 3. The number of fused-ring (bicyclic) bond motifs is 1. The zero-order chi connectivity index (χ0) is 14.3. The number of anilines is 1. The molecule has 2 aromatic rings. The second-order valence-electron chi connectivity index (χ2n) is 5.01. The van der Waals surface area contributed by atoms with Gasteiger partial charge in [-0.1, -0.05) is 6.92 Å². The average molecular weight is 275 g/mol. The van der Waals surface area contributed by atoms with Crippen LogP contribution in [0.25, 0.3) is 11.0 Å². The van der Waals surface area contributed by atoms with Crippen molar-refractivity contribution in [1.82, 2.24) is 15.0 Å². The Morgan fingerprint density at radius 1 is 1.55 bits per heavy atom. The first-order valence-electron chi connectivity index (χ1n) is 6.52. The van der Waals surface area contributed by atoms with Gasteiger partial charge in [-0.15, -0.1) is 0 Å². The number of methoxy groups -OCH3 is 1. The van der Waals surface area contributed by atoms with Gasteiger partial charge in [0.05, 0.1) is 18.5 Å². The number of aromatic amines is 1. The van der Waals surface area contributed by atoms with Crippen LogP contribution in [-0.4, -0.2) is 46.7 Å². The fourth-order valence-electron chi connectivity index (χ4n) is 2.63. The minimum atomic E-state index is -0.903. The first-order chi connectivity index (χ1) is 9.61. The number of nitrogens with two attached hydrogens (primary N) is 1. The number of ether oxygens (including phenoxy) is 1. The molecule has 2 aromatic heterocycles. The van der Waals surface area contributed by atoms with Crippen LogP contribution >= 0.6 is 0 Å². The molecule has 1 aliphatic heterocycles. The van der Waals surface area contributed by atoms with Crippen LogP contribution in [0.5, 0.6) is 0 Å². The van der Waals surface area contributed by atoms with E-state index in [9.17, 15) is 4.79 Å². The summed E-state index contributed by atoms with van der Waals surface area (Å²) in [7, 11) is 1.51. The summed E-state index contributed by atoms with van der Waals surface area (Å²) in [6.45, 7) is 2.91. The second kappa shape index (κ2) is 4.45. The van der Waals surface area contributed by atoms with E-state index in [4.69, 9.17) is 10.5 Å². The lowest BCUT2D eigenvalue weighted by atomic mass is 9.92. The van der Waals surface area contributed by atoms with Crippen LogP contribution in [0.1, 0.15) is 12.5 Å². The molecule has 0 radical (unpaired) electrons. The molecule has 3 N–H and O–H groups in total. The third kappa shape index (κ3) is 1.66. The van der Waals surface area contributed by atoms with Crippen LogP contribution in [0.15, 0.2) is 12.5 Å². The molecule has 0 saturated carbocycles. The van der Waals surface area contributed by atoms with Crippen molar-refractivity contribution in [3.8, 4) is 0 Å². The number of rotatable bonds is 4. The Labute approximate surface area is 116 Å². The predicted molar refractivity (Wildman–Crippen MR) is 74.4 cm³/mol. The summed E-state index contributed by atoms with van der Waals surface area (Å²) in [6, 6.07) is 0. The van der Waals surface area contributed by atoms with Gasteiger partial charge in [-0.25, -0.2) is 9.97 Å². The van der Waals surface area contributed by atoms with Crippen LogP contribution in [0.3, 0.4) is 0 Å². The molecule has 0 bridgehead atoms. The van der Waals surface area contributed by atoms with Gasteiger partial charge in [0.1, 0.15) is 17.8 Å². The highest BCUT2D eigenvalue weighted by Gasteiger charge is 2.49. The topological polar surface area (TPSA) is 97.1 Å². The smallest absolute Gasteiger partial charge is 0.253 e. The van der Waals surface area contributed by atoms with Crippen molar-refractivity contribution in [2.75, 3.05) is 25.1 Å². The van der Waals surface area contributed by atoms with Gasteiger partial charge in [0.2, 0.25) is 0 Å². The van der Waals surface area contributed by atoms with Gasteiger partial charge in [0.15, 0.2) is 5.60 Å². The van der Waals surface area contributed by atoms with Crippen molar-refractivity contribution in [2.24, 2.45) is 5.73 Å². The van der Waals surface area contributed by atoms with Gasteiger partial charge < -0.3 is 20.4 Å². The van der Waals surface area contributed by atoms with Crippen LogP contribution in [-0.2, 0) is 16.0 Å². The predicted octanol–water partition coefficient (Wildman–Crippen LogP) is 0.211. The van der Waals surface area contributed by atoms with E-state index in [1.165, 1.54) is 13.4 Å². The van der Waals surface area contributed by atoms with Gasteiger partial charge in [0, 0.05) is 13.3 Å². The van der Waals surface area contributed by atoms with Crippen LogP contribution < -0.4 is 10.6 Å². The lowest BCUT2D eigenvalue weighted by molar-refractivity contribution is -0.143. The molecule has 20 heavy (non-hydrogen) atoms. The number of H-pyrrole nitrogens is 1.